The first kappa shape index (κ1) is 15.4. The van der Waals surface area contributed by atoms with E-state index in [0.717, 1.165) is 16.2 Å². The van der Waals surface area contributed by atoms with Gasteiger partial charge in [-0.2, -0.15) is 0 Å². The van der Waals surface area contributed by atoms with Crippen LogP contribution in [0.4, 0.5) is 0 Å². The molecule has 0 spiro atoms. The summed E-state index contributed by atoms with van der Waals surface area (Å²) in [4.78, 5) is 12.6. The van der Waals surface area contributed by atoms with Crippen LogP contribution in [0, 0.1) is 0 Å². The van der Waals surface area contributed by atoms with Crippen LogP contribution in [-0.2, 0) is 5.75 Å². The van der Waals surface area contributed by atoms with Crippen LogP contribution in [0.3, 0.4) is 0 Å². The van der Waals surface area contributed by atoms with Crippen molar-refractivity contribution in [3.05, 3.63) is 53.6 Å². The van der Waals surface area contributed by atoms with Crippen LogP contribution in [0.15, 0.2) is 47.4 Å². The maximum Gasteiger partial charge on any atom is 0.159 e. The predicted octanol–water partition coefficient (Wildman–Crippen LogP) is 4.29. The fraction of sp³-hybridized carbons (Fsp3) is 0.235. The van der Waals surface area contributed by atoms with Crippen LogP contribution < -0.4 is 4.74 Å². The summed E-state index contributed by atoms with van der Waals surface area (Å²) in [5.74, 6) is 1.83. The lowest BCUT2D eigenvalue weighted by molar-refractivity contribution is 0.101. The molecule has 2 rings (SSSR count). The molecule has 0 atom stereocenters. The Kier molecular flexibility index (Phi) is 5.28. The molecule has 110 valence electrons. The average molecular weight is 302 g/mol. The average Bonchev–Trinajstić information content (AvgIpc) is 2.48. The summed E-state index contributed by atoms with van der Waals surface area (Å²) in [7, 11) is 0. The molecule has 2 aromatic rings. The first-order valence-corrected chi connectivity index (χ1v) is 7.77. The predicted molar refractivity (Wildman–Crippen MR) is 85.3 cm³/mol. The highest BCUT2D eigenvalue weighted by Crippen LogP contribution is 2.30. The number of carbonyl (C=O) groups excluding carboxylic acids is 1. The molecule has 0 fully saturated rings. The molecule has 0 aliphatic rings. The molecule has 0 bridgehead atoms. The summed E-state index contributed by atoms with van der Waals surface area (Å²) in [5, 5.41) is 9.29. The van der Waals surface area contributed by atoms with Crippen LogP contribution in [0.2, 0.25) is 0 Å². The Morgan fingerprint density at radius 3 is 2.52 bits per heavy atom. The van der Waals surface area contributed by atoms with E-state index in [1.54, 1.807) is 36.9 Å². The number of thioether (sulfide) groups is 1. The highest BCUT2D eigenvalue weighted by molar-refractivity contribution is 7.98. The molecule has 2 aromatic carbocycles. The van der Waals surface area contributed by atoms with Crippen molar-refractivity contribution in [2.75, 3.05) is 6.61 Å². The first-order valence-electron chi connectivity index (χ1n) is 6.78. The Morgan fingerprint density at radius 1 is 1.19 bits per heavy atom. The molecule has 0 aliphatic carbocycles. The molecule has 0 aliphatic heterocycles. The van der Waals surface area contributed by atoms with Crippen LogP contribution in [0.1, 0.15) is 29.8 Å². The lowest BCUT2D eigenvalue weighted by Gasteiger charge is -2.11. The number of aromatic hydroxyl groups is 1. The van der Waals surface area contributed by atoms with E-state index < -0.39 is 0 Å². The molecule has 0 radical (unpaired) electrons. The first-order chi connectivity index (χ1) is 10.1. The summed E-state index contributed by atoms with van der Waals surface area (Å²) >= 11 is 1.64. The van der Waals surface area contributed by atoms with Crippen molar-refractivity contribution in [1.82, 2.24) is 0 Å². The Balaban J connectivity index is 2.17. The second-order valence-corrected chi connectivity index (χ2v) is 5.64. The Bertz CT molecular complexity index is 620. The van der Waals surface area contributed by atoms with E-state index in [-0.39, 0.29) is 11.5 Å². The molecule has 0 heterocycles. The van der Waals surface area contributed by atoms with Crippen molar-refractivity contribution in [2.45, 2.75) is 24.5 Å². The number of ether oxygens (including phenoxy) is 1. The van der Waals surface area contributed by atoms with E-state index in [1.165, 1.54) is 0 Å². The minimum absolute atomic E-state index is 0.0499. The van der Waals surface area contributed by atoms with E-state index in [4.69, 9.17) is 4.74 Å². The fourth-order valence-electron chi connectivity index (χ4n) is 1.91. The highest BCUT2D eigenvalue weighted by Gasteiger charge is 2.08. The topological polar surface area (TPSA) is 46.5 Å². The lowest BCUT2D eigenvalue weighted by atomic mass is 10.1. The highest BCUT2D eigenvalue weighted by atomic mass is 32.2. The molecular weight excluding hydrogens is 284 g/mol. The molecule has 1 N–H and O–H groups in total. The van der Waals surface area contributed by atoms with Gasteiger partial charge in [-0.15, -0.1) is 11.8 Å². The van der Waals surface area contributed by atoms with Gasteiger partial charge >= 0.3 is 0 Å². The van der Waals surface area contributed by atoms with Crippen LogP contribution >= 0.6 is 11.8 Å². The lowest BCUT2D eigenvalue weighted by Crippen LogP contribution is -1.99. The van der Waals surface area contributed by atoms with Gasteiger partial charge in [-0.05, 0) is 56.3 Å². The zero-order chi connectivity index (χ0) is 15.2. The van der Waals surface area contributed by atoms with Gasteiger partial charge in [0, 0.05) is 21.8 Å². The van der Waals surface area contributed by atoms with E-state index in [9.17, 15) is 9.90 Å². The van der Waals surface area contributed by atoms with Gasteiger partial charge in [0.05, 0.1) is 6.61 Å². The standard InChI is InChI=1S/C17H18O3S/c1-3-20-17-9-4-13(12(2)18)10-14(17)11-21-16-7-5-15(19)6-8-16/h4-10,19H,3,11H2,1-2H3. The van der Waals surface area contributed by atoms with Gasteiger partial charge in [0.25, 0.3) is 0 Å². The molecule has 0 unspecified atom stereocenters. The monoisotopic (exact) mass is 302 g/mol. The SMILES string of the molecule is CCOc1ccc(C(C)=O)cc1CSc1ccc(O)cc1. The third-order valence-electron chi connectivity index (χ3n) is 3.00. The second-order valence-electron chi connectivity index (χ2n) is 4.59. The van der Waals surface area contributed by atoms with Crippen molar-refractivity contribution in [1.29, 1.82) is 0 Å². The van der Waals surface area contributed by atoms with E-state index in [0.29, 0.717) is 17.9 Å². The molecular formula is C17H18O3S. The van der Waals surface area contributed by atoms with Gasteiger partial charge in [-0.1, -0.05) is 0 Å². The molecule has 3 nitrogen and oxygen atoms in total. The van der Waals surface area contributed by atoms with E-state index in [1.807, 2.05) is 31.2 Å². The molecule has 0 aromatic heterocycles. The van der Waals surface area contributed by atoms with Gasteiger partial charge in [0.2, 0.25) is 0 Å². The van der Waals surface area contributed by atoms with Gasteiger partial charge in [-0.3, -0.25) is 4.79 Å². The number of hydrogen-bond donors (Lipinski definition) is 1. The number of hydrogen-bond acceptors (Lipinski definition) is 4. The minimum Gasteiger partial charge on any atom is -0.508 e. The van der Waals surface area contributed by atoms with E-state index in [2.05, 4.69) is 0 Å². The van der Waals surface area contributed by atoms with Crippen LogP contribution in [0.5, 0.6) is 11.5 Å². The Hall–Kier alpha value is -1.94. The maximum atomic E-state index is 11.5. The van der Waals surface area contributed by atoms with Crippen LogP contribution in [-0.4, -0.2) is 17.5 Å². The summed E-state index contributed by atoms with van der Waals surface area (Å²) < 4.78 is 5.61. The quantitative estimate of drug-likeness (QED) is 0.639. The number of phenols is 1. The number of rotatable bonds is 6. The summed E-state index contributed by atoms with van der Waals surface area (Å²) in [6.07, 6.45) is 0. The fourth-order valence-corrected chi connectivity index (χ4v) is 2.79. The Labute approximate surface area is 129 Å². The Morgan fingerprint density at radius 2 is 1.90 bits per heavy atom. The maximum absolute atomic E-state index is 11.5. The third-order valence-corrected chi connectivity index (χ3v) is 4.06. The number of Topliss-reactive ketones (excluding diaryl/α,β-unsaturated/α-hetero) is 1. The molecule has 0 saturated heterocycles. The smallest absolute Gasteiger partial charge is 0.159 e. The summed E-state index contributed by atoms with van der Waals surface area (Å²) in [6.45, 7) is 4.10. The van der Waals surface area contributed by atoms with Gasteiger partial charge in [0.15, 0.2) is 5.78 Å². The largest absolute Gasteiger partial charge is 0.508 e. The normalized spacial score (nSPS) is 10.4. The number of phenolic OH excluding ortho intramolecular Hbond substituents is 1. The molecule has 0 amide bonds. The van der Waals surface area contributed by atoms with Gasteiger partial charge in [0.1, 0.15) is 11.5 Å². The number of carbonyl (C=O) groups is 1. The van der Waals surface area contributed by atoms with Gasteiger partial charge in [-0.25, -0.2) is 0 Å². The van der Waals surface area contributed by atoms with Crippen molar-refractivity contribution in [3.63, 3.8) is 0 Å². The van der Waals surface area contributed by atoms with Crippen molar-refractivity contribution < 1.29 is 14.6 Å². The van der Waals surface area contributed by atoms with Crippen molar-refractivity contribution in [3.8, 4) is 11.5 Å². The van der Waals surface area contributed by atoms with Crippen LogP contribution in [0.25, 0.3) is 0 Å². The number of benzene rings is 2. The minimum atomic E-state index is 0.0499. The number of ketones is 1. The third kappa shape index (κ3) is 4.26. The molecule has 4 heteroatoms. The zero-order valence-electron chi connectivity index (χ0n) is 12.1. The van der Waals surface area contributed by atoms with Gasteiger partial charge < -0.3 is 9.84 Å². The van der Waals surface area contributed by atoms with E-state index >= 15 is 0 Å². The molecule has 0 saturated carbocycles. The van der Waals surface area contributed by atoms with Crippen molar-refractivity contribution in [2.24, 2.45) is 0 Å². The zero-order valence-corrected chi connectivity index (χ0v) is 12.9. The molecule has 21 heavy (non-hydrogen) atoms. The summed E-state index contributed by atoms with van der Waals surface area (Å²) in [5.41, 5.74) is 1.70. The summed E-state index contributed by atoms with van der Waals surface area (Å²) in [6, 6.07) is 12.6. The van der Waals surface area contributed by atoms with Crippen molar-refractivity contribution >= 4 is 17.5 Å². The second kappa shape index (κ2) is 7.18.